The summed E-state index contributed by atoms with van der Waals surface area (Å²) in [7, 11) is 0. The van der Waals surface area contributed by atoms with Crippen molar-refractivity contribution in [3.05, 3.63) is 0 Å². The SMILES string of the molecule is CC1NC(C(C)C)CS1. The first kappa shape index (κ1) is 7.42. The van der Waals surface area contributed by atoms with Crippen molar-refractivity contribution in [3.8, 4) is 0 Å². The third-order valence-corrected chi connectivity index (χ3v) is 2.97. The standard InChI is InChI=1S/C7H15NS/c1-5(2)7-4-9-6(3)8-7/h5-8H,4H2,1-3H3. The van der Waals surface area contributed by atoms with Crippen LogP contribution < -0.4 is 5.32 Å². The summed E-state index contributed by atoms with van der Waals surface area (Å²) in [6.07, 6.45) is 0. The maximum absolute atomic E-state index is 3.52. The zero-order chi connectivity index (χ0) is 6.85. The van der Waals surface area contributed by atoms with Crippen molar-refractivity contribution in [3.63, 3.8) is 0 Å². The van der Waals surface area contributed by atoms with Crippen LogP contribution in [0.5, 0.6) is 0 Å². The Kier molecular flexibility index (Phi) is 2.42. The Morgan fingerprint density at radius 1 is 1.56 bits per heavy atom. The van der Waals surface area contributed by atoms with E-state index in [0.717, 1.165) is 12.0 Å². The molecule has 0 aromatic rings. The van der Waals surface area contributed by atoms with Crippen molar-refractivity contribution < 1.29 is 0 Å². The molecule has 2 unspecified atom stereocenters. The molecule has 1 N–H and O–H groups in total. The highest BCUT2D eigenvalue weighted by Gasteiger charge is 2.22. The Morgan fingerprint density at radius 2 is 2.22 bits per heavy atom. The summed E-state index contributed by atoms with van der Waals surface area (Å²) < 4.78 is 0. The smallest absolute Gasteiger partial charge is 0.0506 e. The van der Waals surface area contributed by atoms with Gasteiger partial charge in [-0.1, -0.05) is 13.8 Å². The lowest BCUT2D eigenvalue weighted by Gasteiger charge is -2.13. The molecule has 1 aliphatic rings. The van der Waals surface area contributed by atoms with Gasteiger partial charge in [0.05, 0.1) is 5.37 Å². The van der Waals surface area contributed by atoms with E-state index in [1.54, 1.807) is 0 Å². The number of hydrogen-bond donors (Lipinski definition) is 1. The fourth-order valence-corrected chi connectivity index (χ4v) is 2.28. The van der Waals surface area contributed by atoms with E-state index in [4.69, 9.17) is 0 Å². The molecule has 2 atom stereocenters. The van der Waals surface area contributed by atoms with Crippen LogP contribution in [0.3, 0.4) is 0 Å². The summed E-state index contributed by atoms with van der Waals surface area (Å²) in [6.45, 7) is 6.78. The van der Waals surface area contributed by atoms with E-state index in [2.05, 4.69) is 26.1 Å². The predicted molar refractivity (Wildman–Crippen MR) is 43.7 cm³/mol. The lowest BCUT2D eigenvalue weighted by atomic mass is 10.1. The van der Waals surface area contributed by atoms with E-state index in [1.807, 2.05) is 11.8 Å². The molecule has 1 rings (SSSR count). The van der Waals surface area contributed by atoms with Gasteiger partial charge in [-0.05, 0) is 12.8 Å². The lowest BCUT2D eigenvalue weighted by Crippen LogP contribution is -2.32. The minimum Gasteiger partial charge on any atom is -0.302 e. The molecule has 9 heavy (non-hydrogen) atoms. The van der Waals surface area contributed by atoms with E-state index >= 15 is 0 Å². The van der Waals surface area contributed by atoms with Crippen LogP contribution in [-0.4, -0.2) is 17.2 Å². The molecule has 0 radical (unpaired) electrons. The molecule has 54 valence electrons. The Bertz CT molecular complexity index is 92.9. The van der Waals surface area contributed by atoms with Crippen molar-refractivity contribution in [1.82, 2.24) is 5.32 Å². The van der Waals surface area contributed by atoms with Crippen LogP contribution in [0.4, 0.5) is 0 Å². The topological polar surface area (TPSA) is 12.0 Å². The van der Waals surface area contributed by atoms with E-state index in [0.29, 0.717) is 5.37 Å². The van der Waals surface area contributed by atoms with Gasteiger partial charge in [0.2, 0.25) is 0 Å². The zero-order valence-electron chi connectivity index (χ0n) is 6.35. The van der Waals surface area contributed by atoms with Gasteiger partial charge in [0.25, 0.3) is 0 Å². The molecule has 1 saturated heterocycles. The highest BCUT2D eigenvalue weighted by Crippen LogP contribution is 2.21. The molecule has 2 heteroatoms. The van der Waals surface area contributed by atoms with Crippen LogP contribution in [0.1, 0.15) is 20.8 Å². The van der Waals surface area contributed by atoms with Crippen molar-refractivity contribution in [2.45, 2.75) is 32.2 Å². The quantitative estimate of drug-likeness (QED) is 0.602. The lowest BCUT2D eigenvalue weighted by molar-refractivity contribution is 0.450. The van der Waals surface area contributed by atoms with Gasteiger partial charge >= 0.3 is 0 Å². The van der Waals surface area contributed by atoms with E-state index in [-0.39, 0.29) is 0 Å². The van der Waals surface area contributed by atoms with Gasteiger partial charge in [-0.2, -0.15) is 0 Å². The van der Waals surface area contributed by atoms with E-state index < -0.39 is 0 Å². The summed E-state index contributed by atoms with van der Waals surface area (Å²) in [5.74, 6) is 2.08. The Morgan fingerprint density at radius 3 is 2.44 bits per heavy atom. The maximum atomic E-state index is 3.52. The molecular formula is C7H15NS. The molecule has 0 aromatic heterocycles. The summed E-state index contributed by atoms with van der Waals surface area (Å²) in [5, 5.41) is 4.19. The fourth-order valence-electron chi connectivity index (χ4n) is 1.03. The van der Waals surface area contributed by atoms with Crippen LogP contribution in [0.25, 0.3) is 0 Å². The number of hydrogen-bond acceptors (Lipinski definition) is 2. The second kappa shape index (κ2) is 2.93. The molecular weight excluding hydrogens is 130 g/mol. The monoisotopic (exact) mass is 145 g/mol. The van der Waals surface area contributed by atoms with Gasteiger partial charge in [0.1, 0.15) is 0 Å². The molecule has 0 aromatic carbocycles. The second-order valence-corrected chi connectivity index (χ2v) is 4.37. The first-order valence-electron chi connectivity index (χ1n) is 3.58. The Balaban J connectivity index is 2.30. The van der Waals surface area contributed by atoms with Gasteiger partial charge < -0.3 is 5.32 Å². The van der Waals surface area contributed by atoms with Crippen molar-refractivity contribution in [1.29, 1.82) is 0 Å². The number of thioether (sulfide) groups is 1. The predicted octanol–water partition coefficient (Wildman–Crippen LogP) is 1.69. The van der Waals surface area contributed by atoms with E-state index in [9.17, 15) is 0 Å². The molecule has 0 amide bonds. The Labute approximate surface area is 61.6 Å². The third kappa shape index (κ3) is 1.87. The molecule has 0 spiro atoms. The highest BCUT2D eigenvalue weighted by atomic mass is 32.2. The van der Waals surface area contributed by atoms with Gasteiger partial charge in [0.15, 0.2) is 0 Å². The molecule has 0 bridgehead atoms. The molecule has 0 saturated carbocycles. The molecule has 1 nitrogen and oxygen atoms in total. The molecule has 1 aliphatic heterocycles. The fraction of sp³-hybridized carbons (Fsp3) is 1.00. The summed E-state index contributed by atoms with van der Waals surface area (Å²) in [4.78, 5) is 0. The summed E-state index contributed by atoms with van der Waals surface area (Å²) >= 11 is 2.02. The summed E-state index contributed by atoms with van der Waals surface area (Å²) in [5.41, 5.74) is 0. The van der Waals surface area contributed by atoms with Gasteiger partial charge in [-0.3, -0.25) is 0 Å². The van der Waals surface area contributed by atoms with Gasteiger partial charge in [-0.25, -0.2) is 0 Å². The normalized spacial score (nSPS) is 36.0. The van der Waals surface area contributed by atoms with Crippen LogP contribution in [0.2, 0.25) is 0 Å². The first-order valence-corrected chi connectivity index (χ1v) is 4.62. The van der Waals surface area contributed by atoms with Crippen LogP contribution in [0, 0.1) is 5.92 Å². The largest absolute Gasteiger partial charge is 0.302 e. The number of nitrogens with one attached hydrogen (secondary N) is 1. The van der Waals surface area contributed by atoms with Gasteiger partial charge in [0, 0.05) is 11.8 Å². The van der Waals surface area contributed by atoms with Crippen LogP contribution >= 0.6 is 11.8 Å². The van der Waals surface area contributed by atoms with Crippen LogP contribution in [-0.2, 0) is 0 Å². The van der Waals surface area contributed by atoms with Crippen LogP contribution in [0.15, 0.2) is 0 Å². The second-order valence-electron chi connectivity index (χ2n) is 2.99. The Hall–Kier alpha value is 0.310. The molecule has 1 heterocycles. The average molecular weight is 145 g/mol. The molecule has 0 aliphatic carbocycles. The average Bonchev–Trinajstić information content (AvgIpc) is 2.14. The molecule has 1 fully saturated rings. The van der Waals surface area contributed by atoms with Crippen molar-refractivity contribution in [2.75, 3.05) is 5.75 Å². The summed E-state index contributed by atoms with van der Waals surface area (Å²) in [6, 6.07) is 0.755. The van der Waals surface area contributed by atoms with Crippen molar-refractivity contribution >= 4 is 11.8 Å². The van der Waals surface area contributed by atoms with E-state index in [1.165, 1.54) is 5.75 Å². The minimum absolute atomic E-state index is 0.678. The highest BCUT2D eigenvalue weighted by molar-refractivity contribution is 8.00. The minimum atomic E-state index is 0.678. The zero-order valence-corrected chi connectivity index (χ0v) is 7.16. The first-order chi connectivity index (χ1) is 4.20. The number of rotatable bonds is 1. The van der Waals surface area contributed by atoms with Gasteiger partial charge in [-0.15, -0.1) is 11.8 Å². The van der Waals surface area contributed by atoms with Crippen molar-refractivity contribution in [2.24, 2.45) is 5.92 Å². The maximum Gasteiger partial charge on any atom is 0.0506 e. The third-order valence-electron chi connectivity index (χ3n) is 1.78.